The van der Waals surface area contributed by atoms with Gasteiger partial charge in [0.05, 0.1) is 0 Å². The molecule has 39 heavy (non-hydrogen) atoms. The highest BCUT2D eigenvalue weighted by atomic mass is 32.2. The van der Waals surface area contributed by atoms with E-state index in [0.29, 0.717) is 25.8 Å². The molecule has 0 aromatic rings. The van der Waals surface area contributed by atoms with Crippen molar-refractivity contribution in [1.82, 2.24) is 21.3 Å². The number of rotatable bonds is 19. The molecule has 0 fully saturated rings. The third-order valence-electron chi connectivity index (χ3n) is 5.32. The summed E-state index contributed by atoms with van der Waals surface area (Å²) in [6.07, 6.45) is 8.34. The number of thioether (sulfide) groups is 1. The molecule has 0 unspecified atom stereocenters. The van der Waals surface area contributed by atoms with Crippen molar-refractivity contribution in [1.29, 1.82) is 0 Å². The minimum Gasteiger partial charge on any atom is -0.480 e. The number of carboxylic acid groups (broad SMARTS) is 4. The van der Waals surface area contributed by atoms with Crippen LogP contribution in [-0.4, -0.2) is 115 Å². The molecule has 0 aliphatic rings. The van der Waals surface area contributed by atoms with E-state index in [1.165, 1.54) is 0 Å². The minimum atomic E-state index is -0.809. The highest BCUT2D eigenvalue weighted by molar-refractivity contribution is 7.98. The van der Waals surface area contributed by atoms with Crippen LogP contribution in [0.2, 0.25) is 0 Å². The van der Waals surface area contributed by atoms with Crippen LogP contribution in [0.4, 0.5) is 0 Å². The first-order valence-corrected chi connectivity index (χ1v) is 14.6. The quantitative estimate of drug-likeness (QED) is 0.104. The molecule has 4 atom stereocenters. The Balaban J connectivity index is -0.000000210. The standard InChI is InChI=1S/C7H15NO2.C6H14N2O2.C6H13NO2S.C6H13NO2/c1-3-4-5-6(8-2)7(9)10;1-8-5(6(9)10)3-2-4-7;1-7-5(6(8)9)3-4-10-2;1-3-4-5(7-2)6(8)9/h6,8H,3-5H2,1-2H3,(H,9,10);5,8H,2-4,7H2,1H3,(H,9,10);5,7H,3-4H2,1-2H3,(H,8,9);5,7H,3-4H2,1-2H3,(H,8,9)/t6-;3*5-/m0000/s1. The Kier molecular flexibility index (Phi) is 36.4. The lowest BCUT2D eigenvalue weighted by Gasteiger charge is -2.08. The third kappa shape index (κ3) is 30.4. The summed E-state index contributed by atoms with van der Waals surface area (Å²) in [5.74, 6) is -2.21. The summed E-state index contributed by atoms with van der Waals surface area (Å²) in [5, 5.41) is 44.8. The van der Waals surface area contributed by atoms with Crippen molar-refractivity contribution < 1.29 is 39.6 Å². The summed E-state index contributed by atoms with van der Waals surface area (Å²) >= 11 is 1.66. The summed E-state index contributed by atoms with van der Waals surface area (Å²) in [5.41, 5.74) is 5.21. The van der Waals surface area contributed by atoms with Crippen molar-refractivity contribution in [2.24, 2.45) is 5.73 Å². The number of carbonyl (C=O) groups is 4. The molecule has 0 bridgehead atoms. The van der Waals surface area contributed by atoms with Gasteiger partial charge in [0.2, 0.25) is 0 Å². The average molecular weight is 586 g/mol. The van der Waals surface area contributed by atoms with E-state index in [1.807, 2.05) is 13.2 Å². The molecular weight excluding hydrogens is 530 g/mol. The van der Waals surface area contributed by atoms with Gasteiger partial charge in [-0.05, 0) is 78.8 Å². The fraction of sp³-hybridized carbons (Fsp3) is 0.840. The Labute approximate surface area is 238 Å². The van der Waals surface area contributed by atoms with Crippen LogP contribution >= 0.6 is 11.8 Å². The molecule has 0 spiro atoms. The lowest BCUT2D eigenvalue weighted by Crippen LogP contribution is -2.34. The van der Waals surface area contributed by atoms with Crippen LogP contribution in [0.15, 0.2) is 0 Å². The van der Waals surface area contributed by atoms with E-state index < -0.39 is 29.9 Å². The Morgan fingerprint density at radius 1 is 0.615 bits per heavy atom. The number of likely N-dealkylation sites (N-methyl/N-ethyl adjacent to an activating group) is 4. The summed E-state index contributed by atoms with van der Waals surface area (Å²) in [6, 6.07) is -1.55. The summed E-state index contributed by atoms with van der Waals surface area (Å²) in [6.45, 7) is 4.56. The minimum absolute atomic E-state index is 0.361. The highest BCUT2D eigenvalue weighted by Gasteiger charge is 2.14. The number of hydrogen-bond acceptors (Lipinski definition) is 10. The SMILES string of the molecule is CCCC[C@H](NC)C(=O)O.CCC[C@H](NC)C(=O)O.CN[C@@H](CCCN)C(=O)O.CN[C@@H](CCSC)C(=O)O. The Bertz CT molecular complexity index is 555. The molecule has 0 heterocycles. The third-order valence-corrected chi connectivity index (χ3v) is 5.96. The Hall–Kier alpha value is -1.97. The second kappa shape index (κ2) is 32.2. The summed E-state index contributed by atoms with van der Waals surface area (Å²) in [7, 11) is 6.64. The smallest absolute Gasteiger partial charge is 0.320 e. The highest BCUT2D eigenvalue weighted by Crippen LogP contribution is 2.00. The van der Waals surface area contributed by atoms with Gasteiger partial charge < -0.3 is 47.4 Å². The first-order valence-electron chi connectivity index (χ1n) is 13.2. The predicted octanol–water partition coefficient (Wildman–Crippen LogP) is 1.12. The van der Waals surface area contributed by atoms with E-state index in [2.05, 4.69) is 28.2 Å². The van der Waals surface area contributed by atoms with Gasteiger partial charge in [0.1, 0.15) is 24.2 Å². The molecule has 0 saturated heterocycles. The fourth-order valence-electron chi connectivity index (χ4n) is 2.82. The Morgan fingerprint density at radius 3 is 1.18 bits per heavy atom. The summed E-state index contributed by atoms with van der Waals surface area (Å²) in [4.78, 5) is 41.3. The van der Waals surface area contributed by atoms with E-state index in [9.17, 15) is 19.2 Å². The van der Waals surface area contributed by atoms with Gasteiger partial charge in [-0.15, -0.1) is 0 Å². The zero-order chi connectivity index (χ0) is 31.2. The van der Waals surface area contributed by atoms with Gasteiger partial charge >= 0.3 is 23.9 Å². The van der Waals surface area contributed by atoms with Crippen molar-refractivity contribution in [3.8, 4) is 0 Å². The predicted molar refractivity (Wildman–Crippen MR) is 158 cm³/mol. The number of aliphatic carboxylic acids is 4. The van der Waals surface area contributed by atoms with Gasteiger partial charge in [0.25, 0.3) is 0 Å². The number of nitrogens with two attached hydrogens (primary N) is 1. The van der Waals surface area contributed by atoms with Gasteiger partial charge in [-0.2, -0.15) is 11.8 Å². The van der Waals surface area contributed by atoms with Crippen LogP contribution in [-0.2, 0) is 19.2 Å². The van der Waals surface area contributed by atoms with E-state index in [-0.39, 0.29) is 18.1 Å². The number of unbranched alkanes of at least 4 members (excludes halogenated alkanes) is 1. The fourth-order valence-corrected chi connectivity index (χ4v) is 3.29. The van der Waals surface area contributed by atoms with Crippen LogP contribution in [0.1, 0.15) is 65.2 Å². The molecule has 0 aliphatic heterocycles. The van der Waals surface area contributed by atoms with Crippen molar-refractivity contribution >= 4 is 35.6 Å². The summed E-state index contributed by atoms with van der Waals surface area (Å²) < 4.78 is 0. The molecule has 234 valence electrons. The second-order valence-electron chi connectivity index (χ2n) is 8.36. The molecule has 13 nitrogen and oxygen atoms in total. The van der Waals surface area contributed by atoms with Crippen molar-refractivity contribution in [2.45, 2.75) is 89.4 Å². The van der Waals surface area contributed by atoms with Crippen LogP contribution in [0.5, 0.6) is 0 Å². The van der Waals surface area contributed by atoms with Gasteiger partial charge in [-0.3, -0.25) is 19.2 Å². The lowest BCUT2D eigenvalue weighted by molar-refractivity contribution is -0.140. The van der Waals surface area contributed by atoms with Gasteiger partial charge in [0.15, 0.2) is 0 Å². The molecule has 14 heteroatoms. The zero-order valence-electron chi connectivity index (χ0n) is 24.8. The molecule has 0 aromatic heterocycles. The van der Waals surface area contributed by atoms with Crippen LogP contribution in [0, 0.1) is 0 Å². The molecule has 0 radical (unpaired) electrons. The van der Waals surface area contributed by atoms with E-state index in [1.54, 1.807) is 40.0 Å². The van der Waals surface area contributed by atoms with E-state index in [4.69, 9.17) is 26.2 Å². The maximum absolute atomic E-state index is 10.4. The normalized spacial score (nSPS) is 13.0. The molecule has 10 N–H and O–H groups in total. The molecule has 0 rings (SSSR count). The monoisotopic (exact) mass is 585 g/mol. The van der Waals surface area contributed by atoms with Gasteiger partial charge in [0, 0.05) is 0 Å². The molecule has 0 aliphatic carbocycles. The van der Waals surface area contributed by atoms with Gasteiger partial charge in [-0.1, -0.05) is 33.1 Å². The van der Waals surface area contributed by atoms with Crippen LogP contribution < -0.4 is 27.0 Å². The Morgan fingerprint density at radius 2 is 0.949 bits per heavy atom. The number of nitrogens with one attached hydrogen (secondary N) is 4. The first kappa shape index (κ1) is 44.1. The number of carboxylic acids is 4. The second-order valence-corrected chi connectivity index (χ2v) is 9.35. The lowest BCUT2D eigenvalue weighted by atomic mass is 10.1. The van der Waals surface area contributed by atoms with Gasteiger partial charge in [-0.25, -0.2) is 0 Å². The molecule has 0 amide bonds. The van der Waals surface area contributed by atoms with Crippen LogP contribution in [0.25, 0.3) is 0 Å². The van der Waals surface area contributed by atoms with E-state index >= 15 is 0 Å². The average Bonchev–Trinajstić information content (AvgIpc) is 2.89. The molecule has 0 saturated carbocycles. The molecular formula is C25H55N5O8S. The van der Waals surface area contributed by atoms with Crippen LogP contribution in [0.3, 0.4) is 0 Å². The largest absolute Gasteiger partial charge is 0.480 e. The number of hydrogen-bond donors (Lipinski definition) is 9. The topological polar surface area (TPSA) is 223 Å². The van der Waals surface area contributed by atoms with Crippen molar-refractivity contribution in [2.75, 3.05) is 46.7 Å². The first-order chi connectivity index (χ1) is 18.4. The van der Waals surface area contributed by atoms with Crippen molar-refractivity contribution in [3.05, 3.63) is 0 Å². The maximum atomic E-state index is 10.4. The molecule has 0 aromatic carbocycles. The maximum Gasteiger partial charge on any atom is 0.320 e. The zero-order valence-corrected chi connectivity index (χ0v) is 25.6. The van der Waals surface area contributed by atoms with Crippen molar-refractivity contribution in [3.63, 3.8) is 0 Å². The van der Waals surface area contributed by atoms with E-state index in [0.717, 1.165) is 37.9 Å².